The van der Waals surface area contributed by atoms with Gasteiger partial charge >= 0.3 is 0 Å². The van der Waals surface area contributed by atoms with Gasteiger partial charge in [-0.3, -0.25) is 9.80 Å². The summed E-state index contributed by atoms with van der Waals surface area (Å²) in [6.07, 6.45) is 1.98. The first-order chi connectivity index (χ1) is 11.6. The van der Waals surface area contributed by atoms with E-state index in [1.54, 1.807) is 17.4 Å². The van der Waals surface area contributed by atoms with Crippen LogP contribution in [-0.4, -0.2) is 46.6 Å². The summed E-state index contributed by atoms with van der Waals surface area (Å²) in [5.74, 6) is 0.377. The van der Waals surface area contributed by atoms with Gasteiger partial charge in [-0.05, 0) is 42.3 Å². The Morgan fingerprint density at radius 2 is 2.04 bits per heavy atom. The van der Waals surface area contributed by atoms with Crippen molar-refractivity contribution in [3.8, 4) is 5.75 Å². The number of aromatic hydroxyl groups is 1. The number of rotatable bonds is 5. The second kappa shape index (κ2) is 7.51. The molecule has 3 atom stereocenters. The molecule has 3 nitrogen and oxygen atoms in total. The number of phenolic OH excluding ortho intramolecular Hbond substituents is 1. The number of para-hydroxylation sites is 1. The van der Waals surface area contributed by atoms with Crippen molar-refractivity contribution < 1.29 is 5.11 Å². The van der Waals surface area contributed by atoms with E-state index in [-0.39, 0.29) is 6.04 Å². The number of nitrogens with zero attached hydrogens (tertiary/aromatic N) is 2. The van der Waals surface area contributed by atoms with Gasteiger partial charge in [0.15, 0.2) is 0 Å². The van der Waals surface area contributed by atoms with E-state index < -0.39 is 0 Å². The first kappa shape index (κ1) is 17.2. The molecule has 0 aliphatic carbocycles. The molecule has 0 saturated carbocycles. The van der Waals surface area contributed by atoms with Gasteiger partial charge in [0.2, 0.25) is 0 Å². The molecule has 0 amide bonds. The molecule has 0 spiro atoms. The first-order valence-corrected chi connectivity index (χ1v) is 9.46. The van der Waals surface area contributed by atoms with E-state index in [0.29, 0.717) is 17.8 Å². The lowest BCUT2D eigenvalue weighted by Gasteiger charge is -2.47. The molecule has 1 fully saturated rings. The van der Waals surface area contributed by atoms with Crippen molar-refractivity contribution >= 4 is 11.3 Å². The van der Waals surface area contributed by atoms with Gasteiger partial charge in [-0.2, -0.15) is 11.3 Å². The zero-order chi connectivity index (χ0) is 17.1. The summed E-state index contributed by atoms with van der Waals surface area (Å²) in [7, 11) is 0. The topological polar surface area (TPSA) is 26.7 Å². The fourth-order valence-corrected chi connectivity index (χ4v) is 4.38. The molecule has 1 aliphatic rings. The average Bonchev–Trinajstić information content (AvgIpc) is 3.08. The minimum Gasteiger partial charge on any atom is -0.508 e. The lowest BCUT2D eigenvalue weighted by Crippen LogP contribution is -2.57. The van der Waals surface area contributed by atoms with Crippen LogP contribution in [0.1, 0.15) is 31.0 Å². The highest BCUT2D eigenvalue weighted by Crippen LogP contribution is 2.37. The Labute approximate surface area is 148 Å². The van der Waals surface area contributed by atoms with Crippen LogP contribution in [0.2, 0.25) is 0 Å². The summed E-state index contributed by atoms with van der Waals surface area (Å²) in [6.45, 7) is 11.4. The van der Waals surface area contributed by atoms with Crippen molar-refractivity contribution in [3.63, 3.8) is 0 Å². The van der Waals surface area contributed by atoms with Crippen LogP contribution in [0.25, 0.3) is 0 Å². The molecule has 4 heteroatoms. The van der Waals surface area contributed by atoms with Crippen molar-refractivity contribution in [1.82, 2.24) is 9.80 Å². The normalized spacial score (nSPS) is 23.9. The third-order valence-electron chi connectivity index (χ3n) is 4.95. The van der Waals surface area contributed by atoms with Crippen LogP contribution in [0, 0.1) is 0 Å². The fourth-order valence-electron chi connectivity index (χ4n) is 3.70. The zero-order valence-corrected chi connectivity index (χ0v) is 15.2. The van der Waals surface area contributed by atoms with Crippen molar-refractivity contribution in [2.45, 2.75) is 32.0 Å². The van der Waals surface area contributed by atoms with Gasteiger partial charge in [-0.1, -0.05) is 24.3 Å². The number of phenols is 1. The van der Waals surface area contributed by atoms with E-state index in [1.807, 2.05) is 24.3 Å². The van der Waals surface area contributed by atoms with E-state index in [1.165, 1.54) is 5.56 Å². The molecular weight excluding hydrogens is 316 g/mol. The molecule has 0 bridgehead atoms. The van der Waals surface area contributed by atoms with Crippen LogP contribution in [0.5, 0.6) is 5.75 Å². The third-order valence-corrected chi connectivity index (χ3v) is 5.65. The highest BCUT2D eigenvalue weighted by Gasteiger charge is 2.35. The Morgan fingerprint density at radius 3 is 2.71 bits per heavy atom. The maximum Gasteiger partial charge on any atom is 0.120 e. The van der Waals surface area contributed by atoms with Gasteiger partial charge in [-0.25, -0.2) is 0 Å². The highest BCUT2D eigenvalue weighted by molar-refractivity contribution is 7.08. The fraction of sp³-hybridized carbons (Fsp3) is 0.400. The van der Waals surface area contributed by atoms with Crippen LogP contribution in [-0.2, 0) is 0 Å². The smallest absolute Gasteiger partial charge is 0.120 e. The van der Waals surface area contributed by atoms with Gasteiger partial charge in [0.05, 0.1) is 6.04 Å². The minimum atomic E-state index is 0.0979. The lowest BCUT2D eigenvalue weighted by atomic mass is 9.94. The number of piperazine rings is 1. The summed E-state index contributed by atoms with van der Waals surface area (Å²) in [5.41, 5.74) is 2.25. The monoisotopic (exact) mass is 342 g/mol. The van der Waals surface area contributed by atoms with E-state index in [4.69, 9.17) is 0 Å². The summed E-state index contributed by atoms with van der Waals surface area (Å²) in [6, 6.07) is 10.9. The van der Waals surface area contributed by atoms with Crippen molar-refractivity contribution in [3.05, 3.63) is 64.9 Å². The van der Waals surface area contributed by atoms with Gasteiger partial charge in [0.25, 0.3) is 0 Å². The molecule has 1 N–H and O–H groups in total. The Bertz CT molecular complexity index is 670. The molecule has 1 aromatic heterocycles. The highest BCUT2D eigenvalue weighted by atomic mass is 32.1. The Morgan fingerprint density at radius 1 is 1.25 bits per heavy atom. The van der Waals surface area contributed by atoms with Crippen LogP contribution >= 0.6 is 11.3 Å². The van der Waals surface area contributed by atoms with E-state index in [2.05, 4.69) is 47.1 Å². The van der Waals surface area contributed by atoms with E-state index >= 15 is 0 Å². The lowest BCUT2D eigenvalue weighted by molar-refractivity contribution is 0.0302. The number of hydrogen-bond acceptors (Lipinski definition) is 4. The minimum absolute atomic E-state index is 0.0979. The average molecular weight is 343 g/mol. The molecule has 3 rings (SSSR count). The predicted octanol–water partition coefficient (Wildman–Crippen LogP) is 4.12. The van der Waals surface area contributed by atoms with E-state index in [9.17, 15) is 5.11 Å². The zero-order valence-electron chi connectivity index (χ0n) is 14.4. The maximum atomic E-state index is 10.5. The van der Waals surface area contributed by atoms with Crippen LogP contribution in [0.4, 0.5) is 0 Å². The third kappa shape index (κ3) is 3.41. The molecule has 2 heterocycles. The van der Waals surface area contributed by atoms with Gasteiger partial charge in [0, 0.05) is 37.3 Å². The predicted molar refractivity (Wildman–Crippen MR) is 102 cm³/mol. The quantitative estimate of drug-likeness (QED) is 0.828. The molecular formula is C20H26N2OS. The van der Waals surface area contributed by atoms with Crippen molar-refractivity contribution in [1.29, 1.82) is 0 Å². The Hall–Kier alpha value is -1.62. The second-order valence-electron chi connectivity index (χ2n) is 6.66. The number of thiophene rings is 1. The molecule has 24 heavy (non-hydrogen) atoms. The Balaban J connectivity index is 1.95. The van der Waals surface area contributed by atoms with Gasteiger partial charge in [-0.15, -0.1) is 6.58 Å². The molecule has 128 valence electrons. The molecule has 1 saturated heterocycles. The van der Waals surface area contributed by atoms with Gasteiger partial charge < -0.3 is 5.11 Å². The second-order valence-corrected chi connectivity index (χ2v) is 7.44. The first-order valence-electron chi connectivity index (χ1n) is 8.52. The van der Waals surface area contributed by atoms with Crippen LogP contribution in [0.3, 0.4) is 0 Å². The molecule has 0 radical (unpaired) electrons. The van der Waals surface area contributed by atoms with E-state index in [0.717, 1.165) is 25.2 Å². The largest absolute Gasteiger partial charge is 0.508 e. The SMILES string of the molecule is C=CCN1C[C@@H](C)N([C@H](c2ccsc2)c2ccccc2O)C[C@@H]1C. The number of hydrogen-bond donors (Lipinski definition) is 1. The maximum absolute atomic E-state index is 10.5. The molecule has 0 unspecified atom stereocenters. The van der Waals surface area contributed by atoms with Crippen molar-refractivity contribution in [2.24, 2.45) is 0 Å². The number of benzene rings is 1. The van der Waals surface area contributed by atoms with Crippen molar-refractivity contribution in [2.75, 3.05) is 19.6 Å². The summed E-state index contributed by atoms with van der Waals surface area (Å²) >= 11 is 1.71. The molecule has 2 aromatic rings. The summed E-state index contributed by atoms with van der Waals surface area (Å²) < 4.78 is 0. The standard InChI is InChI=1S/C20H26N2OS/c1-4-10-21-12-16(3)22(13-15(21)2)20(17-9-11-24-14-17)18-7-5-6-8-19(18)23/h4-9,11,14-16,20,23H,1,10,12-13H2,2-3H3/t15-,16+,20+/m0/s1. The van der Waals surface area contributed by atoms with Crippen LogP contribution in [0.15, 0.2) is 53.7 Å². The van der Waals surface area contributed by atoms with Crippen LogP contribution < -0.4 is 0 Å². The van der Waals surface area contributed by atoms with Gasteiger partial charge in [0.1, 0.15) is 5.75 Å². The summed E-state index contributed by atoms with van der Waals surface area (Å²) in [5, 5.41) is 14.8. The Kier molecular flexibility index (Phi) is 5.39. The molecule has 1 aromatic carbocycles. The summed E-state index contributed by atoms with van der Waals surface area (Å²) in [4.78, 5) is 5.01. The molecule has 1 aliphatic heterocycles.